The Morgan fingerprint density at radius 2 is 2.29 bits per heavy atom. The van der Waals surface area contributed by atoms with Gasteiger partial charge in [0.25, 0.3) is 5.78 Å². The van der Waals surface area contributed by atoms with Crippen molar-refractivity contribution in [3.8, 4) is 0 Å². The molecule has 90 valence electrons. The van der Waals surface area contributed by atoms with E-state index in [-0.39, 0.29) is 18.0 Å². The van der Waals surface area contributed by atoms with Crippen LogP contribution in [0.15, 0.2) is 6.20 Å². The number of aromatic nitrogens is 4. The number of hydrogen-bond donors (Lipinski definition) is 1. The molecule has 0 unspecified atom stereocenters. The topological polar surface area (TPSA) is 105 Å². The van der Waals surface area contributed by atoms with Gasteiger partial charge in [-0.1, -0.05) is 0 Å². The van der Waals surface area contributed by atoms with Gasteiger partial charge >= 0.3 is 5.97 Å². The van der Waals surface area contributed by atoms with Crippen molar-refractivity contribution >= 4 is 17.6 Å². The van der Waals surface area contributed by atoms with Gasteiger partial charge in [0.1, 0.15) is 18.0 Å². The molecule has 0 saturated heterocycles. The van der Waals surface area contributed by atoms with Crippen LogP contribution < -0.4 is 5.73 Å². The van der Waals surface area contributed by atoms with E-state index in [1.807, 2.05) is 0 Å². The largest absolute Gasteiger partial charge is 0.465 e. The van der Waals surface area contributed by atoms with Crippen LogP contribution >= 0.6 is 0 Å². The van der Waals surface area contributed by atoms with Gasteiger partial charge in [0.15, 0.2) is 5.82 Å². The van der Waals surface area contributed by atoms with E-state index < -0.39 is 5.97 Å². The molecule has 2 aromatic rings. The van der Waals surface area contributed by atoms with E-state index in [4.69, 9.17) is 10.5 Å². The molecule has 0 aliphatic carbocycles. The first-order valence-corrected chi connectivity index (χ1v) is 4.74. The summed E-state index contributed by atoms with van der Waals surface area (Å²) in [7, 11) is 2.80. The maximum Gasteiger partial charge on any atom is 0.343 e. The van der Waals surface area contributed by atoms with Crippen LogP contribution in [0.3, 0.4) is 0 Å². The van der Waals surface area contributed by atoms with E-state index in [1.54, 1.807) is 0 Å². The van der Waals surface area contributed by atoms with Crippen LogP contribution in [0.1, 0.15) is 16.2 Å². The van der Waals surface area contributed by atoms with Crippen molar-refractivity contribution in [3.63, 3.8) is 0 Å². The second-order valence-corrected chi connectivity index (χ2v) is 3.22. The zero-order chi connectivity index (χ0) is 12.4. The fourth-order valence-electron chi connectivity index (χ4n) is 1.35. The third-order valence-electron chi connectivity index (χ3n) is 2.13. The summed E-state index contributed by atoms with van der Waals surface area (Å²) >= 11 is 0. The molecule has 0 bridgehead atoms. The van der Waals surface area contributed by atoms with Crippen molar-refractivity contribution in [1.29, 1.82) is 0 Å². The van der Waals surface area contributed by atoms with Crippen LogP contribution in [0.4, 0.5) is 5.82 Å². The minimum absolute atomic E-state index is 0.136. The van der Waals surface area contributed by atoms with Crippen molar-refractivity contribution in [1.82, 2.24) is 19.6 Å². The molecule has 0 atom stereocenters. The molecule has 0 saturated carbocycles. The lowest BCUT2D eigenvalue weighted by Crippen LogP contribution is -2.11. The highest BCUT2D eigenvalue weighted by Gasteiger charge is 2.16. The maximum absolute atomic E-state index is 11.4. The molecule has 8 nitrogen and oxygen atoms in total. The Hall–Kier alpha value is -2.22. The van der Waals surface area contributed by atoms with Crippen LogP contribution in [0, 0.1) is 0 Å². The Bertz CT molecular complexity index is 565. The third-order valence-corrected chi connectivity index (χ3v) is 2.13. The molecule has 0 aliphatic rings. The van der Waals surface area contributed by atoms with Gasteiger partial charge in [-0.25, -0.2) is 9.78 Å². The van der Waals surface area contributed by atoms with Gasteiger partial charge in [-0.05, 0) is 0 Å². The number of nitrogens with two attached hydrogens (primary N) is 1. The molecule has 0 aliphatic heterocycles. The number of anilines is 1. The number of nitrogens with zero attached hydrogens (tertiary/aromatic N) is 4. The van der Waals surface area contributed by atoms with E-state index in [1.165, 1.54) is 24.9 Å². The average molecular weight is 237 g/mol. The quantitative estimate of drug-likeness (QED) is 0.726. The van der Waals surface area contributed by atoms with Gasteiger partial charge in [0.2, 0.25) is 0 Å². The van der Waals surface area contributed by atoms with Crippen LogP contribution in [0.25, 0.3) is 5.78 Å². The number of carbonyl (C=O) groups excluding carboxylic acids is 1. The van der Waals surface area contributed by atoms with E-state index >= 15 is 0 Å². The summed E-state index contributed by atoms with van der Waals surface area (Å²) in [6, 6.07) is 0. The Kier molecular flexibility index (Phi) is 2.88. The molecule has 0 aromatic carbocycles. The molecule has 2 aromatic heterocycles. The Balaban J connectivity index is 2.54. The summed E-state index contributed by atoms with van der Waals surface area (Å²) in [5.41, 5.74) is 5.93. The second-order valence-electron chi connectivity index (χ2n) is 3.22. The summed E-state index contributed by atoms with van der Waals surface area (Å²) in [6.45, 7) is 0.246. The van der Waals surface area contributed by atoms with Gasteiger partial charge in [-0.3, -0.25) is 0 Å². The predicted molar refractivity (Wildman–Crippen MR) is 57.2 cm³/mol. The fourth-order valence-corrected chi connectivity index (χ4v) is 1.35. The first kappa shape index (κ1) is 11.3. The molecule has 2 heterocycles. The van der Waals surface area contributed by atoms with Gasteiger partial charge in [-0.15, -0.1) is 5.10 Å². The number of carbonyl (C=O) groups is 1. The molecule has 2 rings (SSSR count). The van der Waals surface area contributed by atoms with Crippen molar-refractivity contribution in [2.45, 2.75) is 6.61 Å². The summed E-state index contributed by atoms with van der Waals surface area (Å²) in [5, 5.41) is 4.06. The van der Waals surface area contributed by atoms with Gasteiger partial charge in [0, 0.05) is 13.3 Å². The third kappa shape index (κ3) is 1.89. The molecular weight excluding hydrogens is 226 g/mol. The van der Waals surface area contributed by atoms with Gasteiger partial charge < -0.3 is 15.2 Å². The van der Waals surface area contributed by atoms with Crippen molar-refractivity contribution in [2.24, 2.45) is 0 Å². The second kappa shape index (κ2) is 4.34. The molecule has 0 spiro atoms. The SMILES string of the molecule is COCc1nc2ncc(C(=O)OC)c(N)n2n1. The monoisotopic (exact) mass is 237 g/mol. The average Bonchev–Trinajstić information content (AvgIpc) is 2.73. The number of esters is 1. The minimum atomic E-state index is -0.569. The summed E-state index contributed by atoms with van der Waals surface area (Å²) < 4.78 is 10.8. The van der Waals surface area contributed by atoms with E-state index in [0.29, 0.717) is 11.6 Å². The van der Waals surface area contributed by atoms with Gasteiger partial charge in [0.05, 0.1) is 7.11 Å². The fraction of sp³-hybridized carbons (Fsp3) is 0.333. The number of fused-ring (bicyclic) bond motifs is 1. The molecular formula is C9H11N5O3. The lowest BCUT2D eigenvalue weighted by atomic mass is 10.3. The number of hydrogen-bond acceptors (Lipinski definition) is 7. The molecule has 0 amide bonds. The smallest absolute Gasteiger partial charge is 0.343 e. The van der Waals surface area contributed by atoms with Crippen molar-refractivity contribution in [3.05, 3.63) is 17.6 Å². The Morgan fingerprint density at radius 1 is 1.53 bits per heavy atom. The standard InChI is InChI=1S/C9H11N5O3/c1-16-4-6-12-9-11-3-5(8(15)17-2)7(10)14(9)13-6/h3H,4,10H2,1-2H3. The zero-order valence-electron chi connectivity index (χ0n) is 9.38. The minimum Gasteiger partial charge on any atom is -0.465 e. The lowest BCUT2D eigenvalue weighted by molar-refractivity contribution is 0.0601. The Labute approximate surface area is 96.4 Å². The summed E-state index contributed by atoms with van der Waals surface area (Å²) in [4.78, 5) is 19.4. The summed E-state index contributed by atoms with van der Waals surface area (Å²) in [5.74, 6) is 0.313. The maximum atomic E-state index is 11.4. The predicted octanol–water partition coefficient (Wildman–Crippen LogP) is -0.361. The summed E-state index contributed by atoms with van der Waals surface area (Å²) in [6.07, 6.45) is 1.31. The first-order chi connectivity index (χ1) is 8.17. The van der Waals surface area contributed by atoms with Crippen LogP contribution in [-0.2, 0) is 16.1 Å². The van der Waals surface area contributed by atoms with Crippen molar-refractivity contribution in [2.75, 3.05) is 20.0 Å². The molecule has 0 fully saturated rings. The normalized spacial score (nSPS) is 10.7. The Morgan fingerprint density at radius 3 is 2.94 bits per heavy atom. The van der Waals surface area contributed by atoms with E-state index in [0.717, 1.165) is 0 Å². The van der Waals surface area contributed by atoms with Crippen LogP contribution in [-0.4, -0.2) is 39.8 Å². The molecule has 17 heavy (non-hydrogen) atoms. The van der Waals surface area contributed by atoms with Gasteiger partial charge in [-0.2, -0.15) is 9.50 Å². The number of methoxy groups -OCH3 is 2. The molecule has 0 radical (unpaired) electrons. The first-order valence-electron chi connectivity index (χ1n) is 4.74. The highest BCUT2D eigenvalue weighted by Crippen LogP contribution is 2.12. The highest BCUT2D eigenvalue weighted by molar-refractivity contribution is 5.94. The van der Waals surface area contributed by atoms with E-state index in [2.05, 4.69) is 19.8 Å². The van der Waals surface area contributed by atoms with Crippen molar-refractivity contribution < 1.29 is 14.3 Å². The molecule has 2 N–H and O–H groups in total. The van der Waals surface area contributed by atoms with Crippen LogP contribution in [0.2, 0.25) is 0 Å². The van der Waals surface area contributed by atoms with E-state index in [9.17, 15) is 4.79 Å². The highest BCUT2D eigenvalue weighted by atomic mass is 16.5. The number of nitrogen functional groups attached to an aromatic ring is 1. The van der Waals surface area contributed by atoms with Crippen LogP contribution in [0.5, 0.6) is 0 Å². The lowest BCUT2D eigenvalue weighted by Gasteiger charge is -2.03. The molecule has 8 heteroatoms. The number of rotatable bonds is 3. The zero-order valence-corrected chi connectivity index (χ0v) is 9.38. The number of ether oxygens (including phenoxy) is 2.